The Kier molecular flexibility index (Phi) is 6.54. The molecular weight excluding hydrogens is 254 g/mol. The van der Waals surface area contributed by atoms with Crippen LogP contribution in [0, 0.1) is 0 Å². The summed E-state index contributed by atoms with van der Waals surface area (Å²) in [4.78, 5) is 10.9. The van der Waals surface area contributed by atoms with Gasteiger partial charge in [-0.3, -0.25) is 4.79 Å². The van der Waals surface area contributed by atoms with Crippen LogP contribution >= 0.6 is 11.6 Å². The number of hydrogen-bond acceptors (Lipinski definition) is 4. The molecule has 0 atom stereocenters. The molecule has 0 unspecified atom stereocenters. The second-order valence-corrected chi connectivity index (χ2v) is 4.25. The molecule has 0 aromatic heterocycles. The van der Waals surface area contributed by atoms with Gasteiger partial charge < -0.3 is 14.8 Å². The van der Waals surface area contributed by atoms with E-state index in [1.807, 2.05) is 12.1 Å². The zero-order valence-corrected chi connectivity index (χ0v) is 11.4. The van der Waals surface area contributed by atoms with Crippen molar-refractivity contribution in [2.45, 2.75) is 19.4 Å². The van der Waals surface area contributed by atoms with Gasteiger partial charge in [-0.2, -0.15) is 0 Å². The molecule has 5 heteroatoms. The minimum Gasteiger partial charge on any atom is -0.496 e. The summed E-state index contributed by atoms with van der Waals surface area (Å²) in [6, 6.07) is 5.50. The largest absolute Gasteiger partial charge is 0.496 e. The predicted octanol–water partition coefficient (Wildman–Crippen LogP) is 2.39. The van der Waals surface area contributed by atoms with Crippen LogP contribution in [0.25, 0.3) is 0 Å². The molecule has 0 saturated carbocycles. The van der Waals surface area contributed by atoms with Crippen molar-refractivity contribution in [2.24, 2.45) is 0 Å². The molecule has 0 aliphatic carbocycles. The van der Waals surface area contributed by atoms with E-state index < -0.39 is 0 Å². The first-order valence-corrected chi connectivity index (χ1v) is 6.15. The number of methoxy groups -OCH3 is 2. The molecule has 0 radical (unpaired) electrons. The smallest absolute Gasteiger partial charge is 0.305 e. The van der Waals surface area contributed by atoms with Crippen LogP contribution in [0.15, 0.2) is 18.2 Å². The van der Waals surface area contributed by atoms with Crippen LogP contribution in [0.2, 0.25) is 5.02 Å². The molecule has 0 fully saturated rings. The highest BCUT2D eigenvalue weighted by atomic mass is 35.5. The minimum atomic E-state index is -0.183. The highest BCUT2D eigenvalue weighted by molar-refractivity contribution is 6.30. The maximum Gasteiger partial charge on any atom is 0.305 e. The van der Waals surface area contributed by atoms with Gasteiger partial charge in [-0.25, -0.2) is 0 Å². The van der Waals surface area contributed by atoms with Crippen LogP contribution in [-0.2, 0) is 16.1 Å². The average molecular weight is 272 g/mol. The van der Waals surface area contributed by atoms with E-state index in [1.54, 1.807) is 13.2 Å². The van der Waals surface area contributed by atoms with Crippen molar-refractivity contribution in [3.8, 4) is 5.75 Å². The number of nitrogens with one attached hydrogen (secondary N) is 1. The zero-order valence-electron chi connectivity index (χ0n) is 10.7. The zero-order chi connectivity index (χ0) is 13.4. The van der Waals surface area contributed by atoms with Crippen LogP contribution in [-0.4, -0.2) is 26.7 Å². The highest BCUT2D eigenvalue weighted by Crippen LogP contribution is 2.22. The maximum atomic E-state index is 10.9. The van der Waals surface area contributed by atoms with Crippen LogP contribution in [0.4, 0.5) is 0 Å². The molecule has 1 aromatic carbocycles. The number of carbonyl (C=O) groups excluding carboxylic acids is 1. The Morgan fingerprint density at radius 2 is 2.17 bits per heavy atom. The molecule has 0 heterocycles. The summed E-state index contributed by atoms with van der Waals surface area (Å²) < 4.78 is 9.80. The molecule has 1 N–H and O–H groups in total. The lowest BCUT2D eigenvalue weighted by Gasteiger charge is -2.10. The van der Waals surface area contributed by atoms with Gasteiger partial charge in [0, 0.05) is 23.6 Å². The third-order valence-corrected chi connectivity index (χ3v) is 2.76. The number of halogens is 1. The molecule has 0 aliphatic heterocycles. The lowest BCUT2D eigenvalue weighted by atomic mass is 10.2. The molecule has 0 aliphatic rings. The number of ether oxygens (including phenoxy) is 2. The molecule has 0 spiro atoms. The summed E-state index contributed by atoms with van der Waals surface area (Å²) in [6.07, 6.45) is 1.17. The van der Waals surface area contributed by atoms with Gasteiger partial charge in [-0.1, -0.05) is 11.6 Å². The summed E-state index contributed by atoms with van der Waals surface area (Å²) in [5.41, 5.74) is 1.00. The number of esters is 1. The quantitative estimate of drug-likeness (QED) is 0.611. The highest BCUT2D eigenvalue weighted by Gasteiger charge is 2.04. The van der Waals surface area contributed by atoms with Crippen molar-refractivity contribution in [1.82, 2.24) is 5.32 Å². The summed E-state index contributed by atoms with van der Waals surface area (Å²) in [5.74, 6) is 0.622. The molecule has 0 amide bonds. The van der Waals surface area contributed by atoms with Gasteiger partial charge in [-0.05, 0) is 31.2 Å². The second kappa shape index (κ2) is 7.95. The Hall–Kier alpha value is -1.26. The van der Waals surface area contributed by atoms with E-state index in [1.165, 1.54) is 7.11 Å². The van der Waals surface area contributed by atoms with Gasteiger partial charge in [0.05, 0.1) is 14.2 Å². The number of carbonyl (C=O) groups is 1. The normalized spacial score (nSPS) is 10.2. The molecule has 18 heavy (non-hydrogen) atoms. The van der Waals surface area contributed by atoms with Crippen LogP contribution in [0.5, 0.6) is 5.75 Å². The number of benzene rings is 1. The summed E-state index contributed by atoms with van der Waals surface area (Å²) in [6.45, 7) is 1.40. The first-order chi connectivity index (χ1) is 8.67. The first-order valence-electron chi connectivity index (χ1n) is 5.77. The lowest BCUT2D eigenvalue weighted by molar-refractivity contribution is -0.140. The maximum absolute atomic E-state index is 10.9. The molecule has 1 aromatic rings. The van der Waals surface area contributed by atoms with Crippen LogP contribution in [0.3, 0.4) is 0 Å². The second-order valence-electron chi connectivity index (χ2n) is 3.81. The molecule has 1 rings (SSSR count). The Labute approximate surface area is 112 Å². The van der Waals surface area contributed by atoms with Gasteiger partial charge in [-0.15, -0.1) is 0 Å². The first kappa shape index (κ1) is 14.8. The minimum absolute atomic E-state index is 0.183. The third-order valence-electron chi connectivity index (χ3n) is 2.52. The Balaban J connectivity index is 2.34. The van der Waals surface area contributed by atoms with Gasteiger partial charge in [0.1, 0.15) is 5.75 Å². The van der Waals surface area contributed by atoms with Crippen LogP contribution < -0.4 is 10.1 Å². The SMILES string of the molecule is COC(=O)CCCNCc1cc(Cl)ccc1OC. The standard InChI is InChI=1S/C13H18ClNO3/c1-17-12-6-5-11(14)8-10(12)9-15-7-3-4-13(16)18-2/h5-6,8,15H,3-4,7,9H2,1-2H3. The molecule has 0 saturated heterocycles. The Morgan fingerprint density at radius 3 is 2.83 bits per heavy atom. The van der Waals surface area contributed by atoms with Gasteiger partial charge in [0.25, 0.3) is 0 Å². The average Bonchev–Trinajstić information content (AvgIpc) is 2.38. The fourth-order valence-electron chi connectivity index (χ4n) is 1.57. The van der Waals surface area contributed by atoms with E-state index in [0.29, 0.717) is 18.0 Å². The molecule has 0 bridgehead atoms. The van der Waals surface area contributed by atoms with E-state index in [9.17, 15) is 4.79 Å². The van der Waals surface area contributed by atoms with Crippen molar-refractivity contribution in [2.75, 3.05) is 20.8 Å². The fraction of sp³-hybridized carbons (Fsp3) is 0.462. The lowest BCUT2D eigenvalue weighted by Crippen LogP contribution is -2.16. The third kappa shape index (κ3) is 4.94. The van der Waals surface area contributed by atoms with E-state index in [-0.39, 0.29) is 5.97 Å². The Bertz CT molecular complexity index is 396. The van der Waals surface area contributed by atoms with E-state index >= 15 is 0 Å². The van der Waals surface area contributed by atoms with E-state index in [0.717, 1.165) is 24.3 Å². The topological polar surface area (TPSA) is 47.6 Å². The van der Waals surface area contributed by atoms with Gasteiger partial charge in [0.2, 0.25) is 0 Å². The van der Waals surface area contributed by atoms with E-state index in [2.05, 4.69) is 10.1 Å². The van der Waals surface area contributed by atoms with Crippen molar-refractivity contribution in [1.29, 1.82) is 0 Å². The Morgan fingerprint density at radius 1 is 1.39 bits per heavy atom. The van der Waals surface area contributed by atoms with Crippen molar-refractivity contribution in [3.63, 3.8) is 0 Å². The monoisotopic (exact) mass is 271 g/mol. The number of rotatable bonds is 7. The van der Waals surface area contributed by atoms with Gasteiger partial charge >= 0.3 is 5.97 Å². The molecule has 100 valence electrons. The summed E-state index contributed by atoms with van der Waals surface area (Å²) in [5, 5.41) is 3.92. The van der Waals surface area contributed by atoms with Crippen molar-refractivity contribution in [3.05, 3.63) is 28.8 Å². The predicted molar refractivity (Wildman–Crippen MR) is 71.0 cm³/mol. The molecule has 4 nitrogen and oxygen atoms in total. The summed E-state index contributed by atoms with van der Waals surface area (Å²) >= 11 is 5.93. The van der Waals surface area contributed by atoms with Crippen molar-refractivity contribution >= 4 is 17.6 Å². The van der Waals surface area contributed by atoms with Crippen molar-refractivity contribution < 1.29 is 14.3 Å². The summed E-state index contributed by atoms with van der Waals surface area (Å²) in [7, 11) is 3.02. The molecular formula is C13H18ClNO3. The van der Waals surface area contributed by atoms with Crippen LogP contribution in [0.1, 0.15) is 18.4 Å². The number of hydrogen-bond donors (Lipinski definition) is 1. The van der Waals surface area contributed by atoms with Gasteiger partial charge in [0.15, 0.2) is 0 Å². The van der Waals surface area contributed by atoms with E-state index in [4.69, 9.17) is 16.3 Å². The fourth-order valence-corrected chi connectivity index (χ4v) is 1.76.